The van der Waals surface area contributed by atoms with Crippen LogP contribution in [0, 0.1) is 17.8 Å². The Morgan fingerprint density at radius 3 is 2.46 bits per heavy atom. The lowest BCUT2D eigenvalue weighted by atomic mass is 9.85. The molecular weight excluding hydrogens is 775 g/mol. The topological polar surface area (TPSA) is 182 Å². The number of carbonyl (C=O) groups excluding carboxylic acids is 4. The lowest BCUT2D eigenvalue weighted by Crippen LogP contribution is -2.64. The van der Waals surface area contributed by atoms with Crippen molar-refractivity contribution in [2.45, 2.75) is 152 Å². The molecule has 2 bridgehead atoms. The van der Waals surface area contributed by atoms with Gasteiger partial charge in [0.15, 0.2) is 0 Å². The molecule has 3 saturated carbocycles. The first-order valence-electron chi connectivity index (χ1n) is 21.8. The van der Waals surface area contributed by atoms with Crippen LogP contribution < -0.4 is 24.8 Å². The second kappa shape index (κ2) is 18.1. The molecule has 4 fully saturated rings. The Kier molecular flexibility index (Phi) is 13.1. The van der Waals surface area contributed by atoms with E-state index in [1.54, 1.807) is 6.92 Å². The second-order valence-electron chi connectivity index (χ2n) is 17.4. The molecule has 7 atom stereocenters. The van der Waals surface area contributed by atoms with E-state index in [4.69, 9.17) is 19.2 Å². The van der Waals surface area contributed by atoms with Gasteiger partial charge in [0, 0.05) is 17.7 Å². The van der Waals surface area contributed by atoms with E-state index in [0.717, 1.165) is 81.6 Å². The Morgan fingerprint density at radius 1 is 1.02 bits per heavy atom. The zero-order valence-electron chi connectivity index (χ0n) is 34.7. The van der Waals surface area contributed by atoms with Crippen molar-refractivity contribution in [1.82, 2.24) is 25.2 Å². The summed E-state index contributed by atoms with van der Waals surface area (Å²) in [4.78, 5) is 63.7. The molecule has 5 aliphatic rings. The maximum absolute atomic E-state index is 15.0. The highest BCUT2D eigenvalue weighted by Gasteiger charge is 2.50. The predicted molar refractivity (Wildman–Crippen MR) is 222 cm³/mol. The molecule has 3 aliphatic carbocycles. The zero-order valence-corrected chi connectivity index (χ0v) is 35.5. The summed E-state index contributed by atoms with van der Waals surface area (Å²) in [5.74, 6) is -1.54. The fraction of sp³-hybridized carbons (Fsp3) is 0.659. The van der Waals surface area contributed by atoms with Gasteiger partial charge in [0.25, 0.3) is 5.91 Å². The number of benzene rings is 1. The highest BCUT2D eigenvalue weighted by atomic mass is 32.2. The SMILES string of the molecule is C=C[C@H](C)C(C)(NC(=O)[C@@H]1C[C@@H]2CN1C(=O)[C@H](C1CCCC1)NC(=O)O[C@@H]1CCC[C@H]1CCCCCc1c(nc3ccccc3c1OCC)O2)C(=O)NS(=O)(=O)C1CC1. The molecule has 322 valence electrons. The van der Waals surface area contributed by atoms with E-state index < -0.39 is 68.7 Å². The van der Waals surface area contributed by atoms with Gasteiger partial charge in [-0.1, -0.05) is 50.8 Å². The van der Waals surface area contributed by atoms with E-state index in [9.17, 15) is 22.8 Å². The highest BCUT2D eigenvalue weighted by molar-refractivity contribution is 7.91. The van der Waals surface area contributed by atoms with Crippen LogP contribution >= 0.6 is 0 Å². The number of hydrogen-bond donors (Lipinski definition) is 3. The maximum atomic E-state index is 15.0. The molecule has 7 rings (SSSR count). The van der Waals surface area contributed by atoms with E-state index >= 15 is 4.79 Å². The molecule has 3 heterocycles. The average Bonchev–Trinajstić information content (AvgIpc) is 3.55. The molecule has 2 aliphatic heterocycles. The summed E-state index contributed by atoms with van der Waals surface area (Å²) in [5, 5.41) is 6.03. The highest BCUT2D eigenvalue weighted by Crippen LogP contribution is 2.39. The number of nitrogens with zero attached hydrogens (tertiary/aromatic N) is 2. The van der Waals surface area contributed by atoms with Crippen molar-refractivity contribution >= 4 is 44.7 Å². The van der Waals surface area contributed by atoms with E-state index in [2.05, 4.69) is 21.9 Å². The van der Waals surface area contributed by atoms with Crippen molar-refractivity contribution in [3.05, 3.63) is 42.5 Å². The number of sulfonamides is 1. The molecule has 1 aromatic carbocycles. The number of amides is 4. The van der Waals surface area contributed by atoms with Crippen molar-refractivity contribution in [1.29, 1.82) is 0 Å². The molecule has 4 amide bonds. The molecule has 15 heteroatoms. The number of hydrogen-bond acceptors (Lipinski definition) is 10. The van der Waals surface area contributed by atoms with Crippen LogP contribution in [-0.2, 0) is 35.6 Å². The van der Waals surface area contributed by atoms with Crippen LogP contribution in [0.5, 0.6) is 11.6 Å². The number of pyridine rings is 1. The minimum absolute atomic E-state index is 0.00450. The van der Waals surface area contributed by atoms with Crippen LogP contribution in [0.2, 0.25) is 0 Å². The number of ether oxygens (including phenoxy) is 3. The quantitative estimate of drug-likeness (QED) is 0.246. The van der Waals surface area contributed by atoms with E-state index in [0.29, 0.717) is 43.0 Å². The fourth-order valence-corrected chi connectivity index (χ4v) is 10.9. The van der Waals surface area contributed by atoms with E-state index in [-0.39, 0.29) is 30.9 Å². The third-order valence-corrected chi connectivity index (χ3v) is 15.2. The van der Waals surface area contributed by atoms with Gasteiger partial charge in [0.2, 0.25) is 27.7 Å². The van der Waals surface area contributed by atoms with Gasteiger partial charge in [-0.3, -0.25) is 19.1 Å². The van der Waals surface area contributed by atoms with Gasteiger partial charge in [0.1, 0.15) is 35.6 Å². The molecule has 1 saturated heterocycles. The minimum Gasteiger partial charge on any atom is -0.493 e. The van der Waals surface area contributed by atoms with Crippen LogP contribution in [0.4, 0.5) is 4.79 Å². The van der Waals surface area contributed by atoms with Gasteiger partial charge in [-0.25, -0.2) is 18.2 Å². The third-order valence-electron chi connectivity index (χ3n) is 13.4. The smallest absolute Gasteiger partial charge is 0.408 e. The predicted octanol–water partition coefficient (Wildman–Crippen LogP) is 5.86. The number of nitrogens with one attached hydrogen (secondary N) is 3. The number of rotatable bonds is 10. The monoisotopic (exact) mass is 835 g/mol. The molecule has 1 aromatic heterocycles. The number of fused-ring (bicyclic) bond motifs is 5. The Labute approximate surface area is 348 Å². The fourth-order valence-electron chi connectivity index (χ4n) is 9.53. The van der Waals surface area contributed by atoms with Gasteiger partial charge in [0.05, 0.1) is 29.5 Å². The Morgan fingerprint density at radius 2 is 1.73 bits per heavy atom. The van der Waals surface area contributed by atoms with E-state index in [1.807, 2.05) is 31.2 Å². The van der Waals surface area contributed by atoms with Gasteiger partial charge in [-0.15, -0.1) is 6.58 Å². The van der Waals surface area contributed by atoms with E-state index in [1.165, 1.54) is 17.9 Å². The maximum Gasteiger partial charge on any atom is 0.408 e. The number of aromatic nitrogens is 1. The van der Waals surface area contributed by atoms with Crippen molar-refractivity contribution in [3.8, 4) is 11.6 Å². The second-order valence-corrected chi connectivity index (χ2v) is 19.4. The summed E-state index contributed by atoms with van der Waals surface area (Å²) in [6.07, 6.45) is 11.1. The Bertz CT molecular complexity index is 2020. The lowest BCUT2D eigenvalue weighted by molar-refractivity contribution is -0.143. The zero-order chi connectivity index (χ0) is 41.9. The van der Waals surface area contributed by atoms with Gasteiger partial charge < -0.3 is 29.7 Å². The Balaban J connectivity index is 1.26. The molecule has 0 radical (unpaired) electrons. The molecular formula is C44H61N5O9S. The van der Waals surface area contributed by atoms with Crippen molar-refractivity contribution in [2.24, 2.45) is 17.8 Å². The summed E-state index contributed by atoms with van der Waals surface area (Å²) in [6, 6.07) is 5.64. The molecule has 14 nitrogen and oxygen atoms in total. The summed E-state index contributed by atoms with van der Waals surface area (Å²) >= 11 is 0. The van der Waals surface area contributed by atoms with Gasteiger partial charge >= 0.3 is 6.09 Å². The van der Waals surface area contributed by atoms with Gasteiger partial charge in [-0.2, -0.15) is 0 Å². The largest absolute Gasteiger partial charge is 0.493 e. The molecule has 2 aromatic rings. The van der Waals surface area contributed by atoms with Crippen LogP contribution in [0.3, 0.4) is 0 Å². The van der Waals surface area contributed by atoms with Crippen LogP contribution in [0.15, 0.2) is 36.9 Å². The molecule has 3 N–H and O–H groups in total. The third kappa shape index (κ3) is 9.34. The Hall–Kier alpha value is -4.40. The first-order chi connectivity index (χ1) is 28.3. The molecule has 59 heavy (non-hydrogen) atoms. The number of alkyl carbamates (subject to hydrolysis) is 1. The van der Waals surface area contributed by atoms with Gasteiger partial charge in [-0.05, 0) is 102 Å². The van der Waals surface area contributed by atoms with Crippen LogP contribution in [0.1, 0.15) is 116 Å². The molecule has 1 unspecified atom stereocenters. The minimum atomic E-state index is -3.95. The summed E-state index contributed by atoms with van der Waals surface area (Å²) in [7, 11) is -3.95. The standard InChI is InChI=1S/C44H61N5O9S/c1-5-27(3)44(4,42(52)48-59(54,55)31-23-24-31)47-39(50)35-25-30-26-49(35)41(51)37(29-16-10-11-17-29)46-43(53)58-36-22-14-18-28(36)15-8-7-9-20-33-38(56-6-2)32-19-12-13-21-34(32)45-40(33)57-30/h5,12-13,19,21,27-31,35-37H,1,6-11,14-18,20,22-26H2,2-4H3,(H,46,53)(H,47,50)(H,48,52)/t27-,28+,30+,35-,36+,37-,44?/m0/s1. The van der Waals surface area contributed by atoms with Crippen molar-refractivity contribution in [2.75, 3.05) is 13.2 Å². The lowest BCUT2D eigenvalue weighted by Gasteiger charge is -2.36. The summed E-state index contributed by atoms with van der Waals surface area (Å²) in [6.45, 7) is 9.34. The number of carbonyl (C=O) groups is 4. The first-order valence-corrected chi connectivity index (χ1v) is 23.4. The van der Waals surface area contributed by atoms with Crippen molar-refractivity contribution < 1.29 is 41.8 Å². The van der Waals surface area contributed by atoms with Crippen LogP contribution in [0.25, 0.3) is 10.9 Å². The average molecular weight is 836 g/mol. The first kappa shape index (κ1) is 42.7. The normalized spacial score (nSPS) is 27.4. The van der Waals surface area contributed by atoms with Crippen LogP contribution in [-0.4, -0.2) is 90.3 Å². The summed E-state index contributed by atoms with van der Waals surface area (Å²) in [5.41, 5.74) is -0.225. The molecule has 0 spiro atoms. The van der Waals surface area contributed by atoms with Crippen molar-refractivity contribution in [3.63, 3.8) is 0 Å². The number of para-hydroxylation sites is 1. The summed E-state index contributed by atoms with van der Waals surface area (Å²) < 4.78 is 47.2.